The average Bonchev–Trinajstić information content (AvgIpc) is 3.01. The van der Waals surface area contributed by atoms with Crippen molar-refractivity contribution in [1.29, 1.82) is 0 Å². The van der Waals surface area contributed by atoms with Crippen molar-refractivity contribution in [2.45, 2.75) is 193 Å². The van der Waals surface area contributed by atoms with Crippen LogP contribution in [0.2, 0.25) is 0 Å². The van der Waals surface area contributed by atoms with Gasteiger partial charge in [0.1, 0.15) is 6.10 Å². The third-order valence-corrected chi connectivity index (χ3v) is 8.24. The highest BCUT2D eigenvalue weighted by atomic mass is 16.3. The van der Waals surface area contributed by atoms with Crippen molar-refractivity contribution in [2.75, 3.05) is 6.61 Å². The van der Waals surface area contributed by atoms with E-state index in [2.05, 4.69) is 43.5 Å². The maximum Gasteiger partial charge on any atom is 0.249 e. The van der Waals surface area contributed by atoms with Crippen LogP contribution in [0.25, 0.3) is 0 Å². The molecule has 0 aromatic rings. The summed E-state index contributed by atoms with van der Waals surface area (Å²) in [7, 11) is 0. The first-order chi connectivity index (χ1) is 21.1. The number of rotatable bonds is 32. The molecule has 252 valence electrons. The molecule has 3 unspecified atom stereocenters. The Bertz CT molecular complexity index is 675. The first kappa shape index (κ1) is 41.6. The van der Waals surface area contributed by atoms with Gasteiger partial charge in [0.05, 0.1) is 18.8 Å². The van der Waals surface area contributed by atoms with E-state index in [0.29, 0.717) is 6.42 Å². The number of hydrogen-bond donors (Lipinski definition) is 4. The highest BCUT2D eigenvalue weighted by molar-refractivity contribution is 5.80. The Balaban J connectivity index is 3.66. The molecule has 1 amide bonds. The van der Waals surface area contributed by atoms with E-state index < -0.39 is 24.2 Å². The van der Waals surface area contributed by atoms with Gasteiger partial charge in [-0.15, -0.1) is 0 Å². The van der Waals surface area contributed by atoms with Crippen molar-refractivity contribution >= 4 is 5.91 Å². The molecular formula is C38H71NO4. The number of hydrogen-bond acceptors (Lipinski definition) is 4. The molecule has 0 saturated heterocycles. The number of allylic oxidation sites excluding steroid dienone is 5. The van der Waals surface area contributed by atoms with Crippen LogP contribution in [0.5, 0.6) is 0 Å². The van der Waals surface area contributed by atoms with Gasteiger partial charge in [-0.05, 0) is 44.9 Å². The Labute approximate surface area is 266 Å². The Morgan fingerprint density at radius 3 is 1.58 bits per heavy atom. The van der Waals surface area contributed by atoms with Crippen molar-refractivity contribution < 1.29 is 20.1 Å². The minimum atomic E-state index is -1.10. The second-order valence-electron chi connectivity index (χ2n) is 12.4. The molecule has 0 spiro atoms. The minimum Gasteiger partial charge on any atom is -0.394 e. The van der Waals surface area contributed by atoms with Crippen LogP contribution >= 0.6 is 0 Å². The molecule has 0 bridgehead atoms. The lowest BCUT2D eigenvalue weighted by Crippen LogP contribution is -2.48. The molecule has 5 heteroatoms. The number of unbranched alkanes of at least 4 members (excludes halogenated alkanes) is 20. The van der Waals surface area contributed by atoms with Crippen LogP contribution in [0.15, 0.2) is 36.5 Å². The van der Waals surface area contributed by atoms with E-state index in [1.165, 1.54) is 109 Å². The Hall–Kier alpha value is -1.43. The standard InChI is InChI=1S/C38H71NO4/c1-3-5-7-9-11-13-14-15-16-17-18-19-20-21-22-23-25-27-29-31-33-37(42)38(43)39-35(34-40)36(41)32-30-28-26-24-12-10-8-6-4-2/h5,7,11,13,30,32,35-37,40-42H,3-4,6,8-10,12,14-29,31,33-34H2,1-2H3,(H,39,43)/b7-5-,13-11-,32-30+. The molecule has 0 fully saturated rings. The quantitative estimate of drug-likeness (QED) is 0.0454. The lowest BCUT2D eigenvalue weighted by atomic mass is 10.0. The second kappa shape index (κ2) is 33.5. The predicted molar refractivity (Wildman–Crippen MR) is 185 cm³/mol. The fourth-order valence-electron chi connectivity index (χ4n) is 5.34. The van der Waals surface area contributed by atoms with Crippen molar-refractivity contribution in [3.05, 3.63) is 36.5 Å². The molecule has 0 rings (SSSR count). The van der Waals surface area contributed by atoms with Crippen LogP contribution in [0.3, 0.4) is 0 Å². The zero-order chi connectivity index (χ0) is 31.6. The van der Waals surface area contributed by atoms with Gasteiger partial charge in [0.25, 0.3) is 0 Å². The highest BCUT2D eigenvalue weighted by Gasteiger charge is 2.22. The van der Waals surface area contributed by atoms with E-state index in [9.17, 15) is 20.1 Å². The largest absolute Gasteiger partial charge is 0.394 e. The molecule has 0 aliphatic carbocycles. The first-order valence-electron chi connectivity index (χ1n) is 18.3. The third-order valence-electron chi connectivity index (χ3n) is 8.24. The summed E-state index contributed by atoms with van der Waals surface area (Å²) in [5, 5.41) is 32.8. The lowest BCUT2D eigenvalue weighted by Gasteiger charge is -2.21. The molecule has 0 radical (unpaired) electrons. The number of aliphatic hydroxyl groups excluding tert-OH is 3. The summed E-state index contributed by atoms with van der Waals surface area (Å²) in [6.45, 7) is 4.03. The summed E-state index contributed by atoms with van der Waals surface area (Å²) in [5.41, 5.74) is 0. The lowest BCUT2D eigenvalue weighted by molar-refractivity contribution is -0.131. The van der Waals surface area contributed by atoms with Gasteiger partial charge in [-0.3, -0.25) is 4.79 Å². The van der Waals surface area contributed by atoms with Gasteiger partial charge >= 0.3 is 0 Å². The van der Waals surface area contributed by atoms with Crippen molar-refractivity contribution in [2.24, 2.45) is 0 Å². The zero-order valence-electron chi connectivity index (χ0n) is 28.3. The molecule has 3 atom stereocenters. The first-order valence-corrected chi connectivity index (χ1v) is 18.3. The Morgan fingerprint density at radius 2 is 1.07 bits per heavy atom. The van der Waals surface area contributed by atoms with E-state index >= 15 is 0 Å². The smallest absolute Gasteiger partial charge is 0.249 e. The maximum absolute atomic E-state index is 12.4. The summed E-state index contributed by atoms with van der Waals surface area (Å²) in [6, 6.07) is -0.794. The van der Waals surface area contributed by atoms with E-state index in [1.807, 2.05) is 6.08 Å². The van der Waals surface area contributed by atoms with Crippen molar-refractivity contribution in [3.8, 4) is 0 Å². The monoisotopic (exact) mass is 606 g/mol. The van der Waals surface area contributed by atoms with Gasteiger partial charge < -0.3 is 20.6 Å². The molecule has 0 aliphatic heterocycles. The van der Waals surface area contributed by atoms with Crippen molar-refractivity contribution in [1.82, 2.24) is 5.32 Å². The molecule has 0 saturated carbocycles. The fraction of sp³-hybridized carbons (Fsp3) is 0.816. The van der Waals surface area contributed by atoms with Gasteiger partial charge in [-0.2, -0.15) is 0 Å². The predicted octanol–water partition coefficient (Wildman–Crippen LogP) is 9.65. The normalized spacial score (nSPS) is 14.3. The van der Waals surface area contributed by atoms with Crippen molar-refractivity contribution in [3.63, 3.8) is 0 Å². The summed E-state index contributed by atoms with van der Waals surface area (Å²) in [5.74, 6) is -0.508. The van der Waals surface area contributed by atoms with Crippen LogP contribution in [-0.4, -0.2) is 46.1 Å². The summed E-state index contributed by atoms with van der Waals surface area (Å²) in [4.78, 5) is 12.4. The molecule has 4 N–H and O–H groups in total. The highest BCUT2D eigenvalue weighted by Crippen LogP contribution is 2.14. The third kappa shape index (κ3) is 29.1. The Kier molecular flexibility index (Phi) is 32.3. The van der Waals surface area contributed by atoms with Gasteiger partial charge in [-0.25, -0.2) is 0 Å². The summed E-state index contributed by atoms with van der Waals surface area (Å²) >= 11 is 0. The fourth-order valence-corrected chi connectivity index (χ4v) is 5.34. The molecule has 0 heterocycles. The van der Waals surface area contributed by atoms with Crippen LogP contribution in [0.4, 0.5) is 0 Å². The number of carbonyl (C=O) groups is 1. The van der Waals surface area contributed by atoms with Gasteiger partial charge in [0, 0.05) is 0 Å². The maximum atomic E-state index is 12.4. The number of nitrogens with one attached hydrogen (secondary N) is 1. The SMILES string of the molecule is CC/C=C\C/C=C\CCCCCCCCCCCCCCCC(O)C(=O)NC(CO)C(O)/C=C/CCCCCCCCC. The molecule has 43 heavy (non-hydrogen) atoms. The number of aliphatic hydroxyl groups is 3. The van der Waals surface area contributed by atoms with Crippen LogP contribution in [-0.2, 0) is 4.79 Å². The van der Waals surface area contributed by atoms with E-state index in [0.717, 1.165) is 44.9 Å². The van der Waals surface area contributed by atoms with Crippen LogP contribution < -0.4 is 5.32 Å². The van der Waals surface area contributed by atoms with Gasteiger partial charge in [-0.1, -0.05) is 166 Å². The minimum absolute atomic E-state index is 0.364. The van der Waals surface area contributed by atoms with Gasteiger partial charge in [0.15, 0.2) is 0 Å². The topological polar surface area (TPSA) is 89.8 Å². The van der Waals surface area contributed by atoms with E-state index in [-0.39, 0.29) is 6.61 Å². The van der Waals surface area contributed by atoms with E-state index in [4.69, 9.17) is 0 Å². The van der Waals surface area contributed by atoms with Crippen LogP contribution in [0, 0.1) is 0 Å². The number of amides is 1. The van der Waals surface area contributed by atoms with Gasteiger partial charge in [0.2, 0.25) is 5.91 Å². The second-order valence-corrected chi connectivity index (χ2v) is 12.4. The summed E-state index contributed by atoms with van der Waals surface area (Å²) < 4.78 is 0. The number of carbonyl (C=O) groups excluding carboxylic acids is 1. The molecule has 0 aliphatic rings. The average molecular weight is 606 g/mol. The van der Waals surface area contributed by atoms with Crippen LogP contribution in [0.1, 0.15) is 174 Å². The Morgan fingerprint density at radius 1 is 0.605 bits per heavy atom. The summed E-state index contributed by atoms with van der Waals surface area (Å²) in [6.07, 6.45) is 40.2. The molecular weight excluding hydrogens is 534 g/mol. The molecule has 0 aromatic heterocycles. The van der Waals surface area contributed by atoms with E-state index in [1.54, 1.807) is 6.08 Å². The molecule has 5 nitrogen and oxygen atoms in total. The zero-order valence-corrected chi connectivity index (χ0v) is 28.3. The molecule has 0 aromatic carbocycles.